The summed E-state index contributed by atoms with van der Waals surface area (Å²) in [6.07, 6.45) is 5.45. The van der Waals surface area contributed by atoms with E-state index >= 15 is 0 Å². The average Bonchev–Trinajstić information content (AvgIpc) is 3.14. The molecule has 0 unspecified atom stereocenters. The van der Waals surface area contributed by atoms with Gasteiger partial charge < -0.3 is 14.6 Å². The Bertz CT molecular complexity index is 621. The van der Waals surface area contributed by atoms with Crippen LogP contribution in [0.4, 0.5) is 10.8 Å². The number of hydrogen-bond acceptors (Lipinski definition) is 6. The quantitative estimate of drug-likeness (QED) is 0.755. The first kappa shape index (κ1) is 12.6. The molecule has 3 aromatic rings. The van der Waals surface area contributed by atoms with Gasteiger partial charge in [0.2, 0.25) is 5.13 Å². The molecule has 0 radical (unpaired) electrons. The number of benzene rings is 1. The largest absolute Gasteiger partial charge is 0.492 e. The van der Waals surface area contributed by atoms with Crippen molar-refractivity contribution in [3.8, 4) is 5.75 Å². The molecule has 1 aromatic carbocycles. The third-order valence-corrected chi connectivity index (χ3v) is 3.25. The fraction of sp³-hybridized carbons (Fsp3) is 0.154. The lowest BCUT2D eigenvalue weighted by Crippen LogP contribution is -2.06. The number of rotatable bonds is 6. The van der Waals surface area contributed by atoms with E-state index in [1.807, 2.05) is 35.0 Å². The van der Waals surface area contributed by atoms with Crippen molar-refractivity contribution in [1.29, 1.82) is 0 Å². The minimum Gasteiger partial charge on any atom is -0.492 e. The Morgan fingerprint density at radius 2 is 2.15 bits per heavy atom. The molecular formula is C13H13N5OS. The molecule has 0 fully saturated rings. The SMILES string of the molecule is c1cn(CCOc2ccc(Nc3nncs3)cc2)cn1. The molecule has 7 heteroatoms. The zero-order valence-corrected chi connectivity index (χ0v) is 11.5. The van der Waals surface area contributed by atoms with Gasteiger partial charge in [0.1, 0.15) is 17.9 Å². The normalized spacial score (nSPS) is 10.4. The molecule has 0 saturated carbocycles. The van der Waals surface area contributed by atoms with Crippen LogP contribution in [0.1, 0.15) is 0 Å². The Morgan fingerprint density at radius 1 is 1.25 bits per heavy atom. The van der Waals surface area contributed by atoms with Crippen LogP contribution in [0.3, 0.4) is 0 Å². The van der Waals surface area contributed by atoms with E-state index in [-0.39, 0.29) is 0 Å². The van der Waals surface area contributed by atoms with Crippen molar-refractivity contribution >= 4 is 22.2 Å². The van der Waals surface area contributed by atoms with Crippen molar-refractivity contribution in [2.24, 2.45) is 0 Å². The number of imidazole rings is 1. The summed E-state index contributed by atoms with van der Waals surface area (Å²) in [5, 5.41) is 11.6. The van der Waals surface area contributed by atoms with E-state index in [0.29, 0.717) is 6.61 Å². The number of ether oxygens (including phenoxy) is 1. The summed E-state index contributed by atoms with van der Waals surface area (Å²) in [4.78, 5) is 3.98. The summed E-state index contributed by atoms with van der Waals surface area (Å²) < 4.78 is 7.65. The first-order valence-electron chi connectivity index (χ1n) is 6.12. The van der Waals surface area contributed by atoms with Crippen LogP contribution in [0.5, 0.6) is 5.75 Å². The van der Waals surface area contributed by atoms with Crippen LogP contribution in [-0.2, 0) is 6.54 Å². The number of nitrogens with zero attached hydrogens (tertiary/aromatic N) is 4. The van der Waals surface area contributed by atoms with Crippen molar-refractivity contribution in [2.45, 2.75) is 6.54 Å². The molecule has 0 aliphatic heterocycles. The molecule has 2 aromatic heterocycles. The Morgan fingerprint density at radius 3 is 2.85 bits per heavy atom. The molecule has 102 valence electrons. The van der Waals surface area contributed by atoms with Crippen LogP contribution < -0.4 is 10.1 Å². The summed E-state index contributed by atoms with van der Waals surface area (Å²) in [6.45, 7) is 1.39. The maximum absolute atomic E-state index is 5.67. The van der Waals surface area contributed by atoms with Gasteiger partial charge in [0.25, 0.3) is 0 Å². The third kappa shape index (κ3) is 3.33. The Balaban J connectivity index is 1.51. The Hall–Kier alpha value is -2.41. The first-order chi connectivity index (χ1) is 9.90. The lowest BCUT2D eigenvalue weighted by molar-refractivity contribution is 0.298. The van der Waals surface area contributed by atoms with E-state index in [4.69, 9.17) is 4.74 Å². The van der Waals surface area contributed by atoms with Gasteiger partial charge in [-0.2, -0.15) is 0 Å². The molecule has 0 aliphatic rings. The van der Waals surface area contributed by atoms with Crippen LogP contribution in [0.15, 0.2) is 48.5 Å². The third-order valence-electron chi connectivity index (χ3n) is 2.64. The van der Waals surface area contributed by atoms with Gasteiger partial charge >= 0.3 is 0 Å². The van der Waals surface area contributed by atoms with Crippen molar-refractivity contribution in [1.82, 2.24) is 19.7 Å². The van der Waals surface area contributed by atoms with Gasteiger partial charge in [0.15, 0.2) is 0 Å². The molecule has 0 atom stereocenters. The molecule has 0 spiro atoms. The van der Waals surface area contributed by atoms with Gasteiger partial charge in [0.05, 0.1) is 12.9 Å². The molecule has 20 heavy (non-hydrogen) atoms. The summed E-state index contributed by atoms with van der Waals surface area (Å²) in [5.74, 6) is 0.841. The van der Waals surface area contributed by atoms with E-state index < -0.39 is 0 Å². The summed E-state index contributed by atoms with van der Waals surface area (Å²) in [6, 6.07) is 7.76. The van der Waals surface area contributed by atoms with E-state index in [0.717, 1.165) is 23.1 Å². The lowest BCUT2D eigenvalue weighted by atomic mass is 10.3. The second-order valence-electron chi connectivity index (χ2n) is 4.04. The maximum Gasteiger partial charge on any atom is 0.209 e. The number of aromatic nitrogens is 4. The molecule has 2 heterocycles. The Kier molecular flexibility index (Phi) is 3.88. The van der Waals surface area contributed by atoms with Gasteiger partial charge in [-0.25, -0.2) is 4.98 Å². The van der Waals surface area contributed by atoms with E-state index in [1.165, 1.54) is 11.3 Å². The van der Waals surface area contributed by atoms with Crippen molar-refractivity contribution < 1.29 is 4.74 Å². The molecule has 0 aliphatic carbocycles. The van der Waals surface area contributed by atoms with Gasteiger partial charge in [-0.05, 0) is 24.3 Å². The minimum atomic E-state index is 0.611. The molecule has 0 amide bonds. The molecule has 0 bridgehead atoms. The van der Waals surface area contributed by atoms with Gasteiger partial charge in [-0.15, -0.1) is 10.2 Å². The van der Waals surface area contributed by atoms with Crippen molar-refractivity contribution in [3.63, 3.8) is 0 Å². The topological polar surface area (TPSA) is 64.9 Å². The van der Waals surface area contributed by atoms with Crippen molar-refractivity contribution in [2.75, 3.05) is 11.9 Å². The van der Waals surface area contributed by atoms with Gasteiger partial charge in [-0.1, -0.05) is 11.3 Å². The highest BCUT2D eigenvalue weighted by Crippen LogP contribution is 2.20. The fourth-order valence-electron chi connectivity index (χ4n) is 1.67. The Labute approximate surface area is 120 Å². The second kappa shape index (κ2) is 6.16. The molecular weight excluding hydrogens is 274 g/mol. The zero-order valence-electron chi connectivity index (χ0n) is 10.6. The smallest absolute Gasteiger partial charge is 0.209 e. The predicted octanol–water partition coefficient (Wildman–Crippen LogP) is 2.56. The lowest BCUT2D eigenvalue weighted by Gasteiger charge is -2.08. The van der Waals surface area contributed by atoms with Crippen molar-refractivity contribution in [3.05, 3.63) is 48.5 Å². The van der Waals surface area contributed by atoms with Crippen LogP contribution >= 0.6 is 11.3 Å². The minimum absolute atomic E-state index is 0.611. The van der Waals surface area contributed by atoms with E-state index in [1.54, 1.807) is 18.0 Å². The second-order valence-corrected chi connectivity index (χ2v) is 4.88. The molecule has 1 N–H and O–H groups in total. The monoisotopic (exact) mass is 287 g/mol. The number of nitrogens with one attached hydrogen (secondary N) is 1. The highest BCUT2D eigenvalue weighted by Gasteiger charge is 1.99. The van der Waals surface area contributed by atoms with E-state index in [2.05, 4.69) is 20.5 Å². The summed E-state index contributed by atoms with van der Waals surface area (Å²) in [7, 11) is 0. The summed E-state index contributed by atoms with van der Waals surface area (Å²) in [5.41, 5.74) is 2.65. The zero-order chi connectivity index (χ0) is 13.6. The number of hydrogen-bond donors (Lipinski definition) is 1. The molecule has 3 rings (SSSR count). The van der Waals surface area contributed by atoms with Crippen LogP contribution in [0.25, 0.3) is 0 Å². The first-order valence-corrected chi connectivity index (χ1v) is 7.00. The van der Waals surface area contributed by atoms with Gasteiger partial charge in [0, 0.05) is 18.1 Å². The highest BCUT2D eigenvalue weighted by atomic mass is 32.1. The molecule has 6 nitrogen and oxygen atoms in total. The van der Waals surface area contributed by atoms with Crippen LogP contribution in [0, 0.1) is 0 Å². The van der Waals surface area contributed by atoms with Gasteiger partial charge in [-0.3, -0.25) is 0 Å². The maximum atomic E-state index is 5.67. The fourth-order valence-corrected chi connectivity index (χ4v) is 2.14. The van der Waals surface area contributed by atoms with E-state index in [9.17, 15) is 0 Å². The standard InChI is InChI=1S/C13H13N5OS/c1-3-12(19-8-7-18-6-5-14-9-18)4-2-11(1)16-13-17-15-10-20-13/h1-6,9-10H,7-8H2,(H,16,17). The average molecular weight is 287 g/mol. The molecule has 0 saturated heterocycles. The van der Waals surface area contributed by atoms with Crippen LogP contribution in [-0.4, -0.2) is 26.4 Å². The highest BCUT2D eigenvalue weighted by molar-refractivity contribution is 7.13. The predicted molar refractivity (Wildman–Crippen MR) is 77.4 cm³/mol. The van der Waals surface area contributed by atoms with Crippen LogP contribution in [0.2, 0.25) is 0 Å². The summed E-state index contributed by atoms with van der Waals surface area (Å²) >= 11 is 1.46. The number of anilines is 2.